The van der Waals surface area contributed by atoms with Gasteiger partial charge in [-0.05, 0) is 12.1 Å². The van der Waals surface area contributed by atoms with Crippen LogP contribution in [0.2, 0.25) is 0 Å². The van der Waals surface area contributed by atoms with Crippen molar-refractivity contribution in [3.05, 3.63) is 42.0 Å². The summed E-state index contributed by atoms with van der Waals surface area (Å²) in [6.45, 7) is 0. The third kappa shape index (κ3) is 2.15. The number of carboxylic acid groups (broad SMARTS) is 1. The first-order chi connectivity index (χ1) is 8.22. The molecule has 84 valence electrons. The van der Waals surface area contributed by atoms with E-state index in [1.165, 1.54) is 6.20 Å². The zero-order chi connectivity index (χ0) is 12.3. The number of hydrogen-bond acceptors (Lipinski definition) is 5. The van der Waals surface area contributed by atoms with Gasteiger partial charge in [-0.15, -0.1) is 0 Å². The van der Waals surface area contributed by atoms with Crippen molar-refractivity contribution in [1.82, 2.24) is 15.0 Å². The van der Waals surface area contributed by atoms with Crippen LogP contribution in [0, 0.1) is 0 Å². The molecule has 0 unspecified atom stereocenters. The Hall–Kier alpha value is -2.63. The maximum atomic E-state index is 10.9. The summed E-state index contributed by atoms with van der Waals surface area (Å²) >= 11 is 0. The molecule has 2 aromatic heterocycles. The number of aromatic carboxylic acids is 1. The van der Waals surface area contributed by atoms with Gasteiger partial charge in [0.25, 0.3) is 0 Å². The molecule has 0 saturated heterocycles. The maximum absolute atomic E-state index is 10.9. The number of hydrogen-bond donors (Lipinski definition) is 1. The summed E-state index contributed by atoms with van der Waals surface area (Å²) in [6, 6.07) is 3.31. The van der Waals surface area contributed by atoms with Crippen LogP contribution in [0.15, 0.2) is 30.7 Å². The number of carboxylic acids is 1. The van der Waals surface area contributed by atoms with Crippen LogP contribution in [0.3, 0.4) is 0 Å². The zero-order valence-electron chi connectivity index (χ0n) is 8.57. The Morgan fingerprint density at radius 1 is 1.29 bits per heavy atom. The molecular weight excluding hydrogens is 222 g/mol. The molecule has 0 fully saturated rings. The number of aromatic nitrogens is 3. The van der Waals surface area contributed by atoms with Gasteiger partial charge in [0.2, 0.25) is 0 Å². The normalized spacial score (nSPS) is 9.88. The van der Waals surface area contributed by atoms with Crippen LogP contribution >= 0.6 is 0 Å². The average molecular weight is 229 g/mol. The molecule has 0 saturated carbocycles. The number of carbonyl (C=O) groups excluding carboxylic acids is 1. The third-order valence-corrected chi connectivity index (χ3v) is 2.09. The van der Waals surface area contributed by atoms with E-state index < -0.39 is 5.97 Å². The SMILES string of the molecule is O=Cc1cnc(-c2ccncc2)nc1C(=O)O. The average Bonchev–Trinajstić information content (AvgIpc) is 2.39. The Kier molecular flexibility index (Phi) is 2.87. The summed E-state index contributed by atoms with van der Waals surface area (Å²) < 4.78 is 0. The van der Waals surface area contributed by atoms with Crippen LogP contribution in [0.1, 0.15) is 20.8 Å². The minimum Gasteiger partial charge on any atom is -0.476 e. The Morgan fingerprint density at radius 3 is 2.59 bits per heavy atom. The highest BCUT2D eigenvalue weighted by molar-refractivity contribution is 5.95. The molecule has 0 atom stereocenters. The molecule has 6 nitrogen and oxygen atoms in total. The van der Waals surface area contributed by atoms with Crippen molar-refractivity contribution in [1.29, 1.82) is 0 Å². The smallest absolute Gasteiger partial charge is 0.355 e. The van der Waals surface area contributed by atoms with Crippen LogP contribution in [0.5, 0.6) is 0 Å². The molecule has 0 aliphatic heterocycles. The predicted octanol–water partition coefficient (Wildman–Crippen LogP) is 1.05. The second-order valence-corrected chi connectivity index (χ2v) is 3.16. The standard InChI is InChI=1S/C11H7N3O3/c15-6-8-5-13-10(14-9(8)11(16)17)7-1-3-12-4-2-7/h1-6H,(H,16,17). The highest BCUT2D eigenvalue weighted by Crippen LogP contribution is 2.14. The van der Waals surface area contributed by atoms with Gasteiger partial charge in [0.15, 0.2) is 17.8 Å². The second kappa shape index (κ2) is 4.48. The maximum Gasteiger partial charge on any atom is 0.355 e. The highest BCUT2D eigenvalue weighted by atomic mass is 16.4. The Balaban J connectivity index is 2.55. The molecule has 0 aromatic carbocycles. The number of carbonyl (C=O) groups is 2. The minimum absolute atomic E-state index is 0.0460. The van der Waals surface area contributed by atoms with Crippen molar-refractivity contribution in [3.63, 3.8) is 0 Å². The van der Waals surface area contributed by atoms with E-state index in [4.69, 9.17) is 5.11 Å². The molecule has 2 heterocycles. The lowest BCUT2D eigenvalue weighted by Crippen LogP contribution is -2.07. The van der Waals surface area contributed by atoms with Crippen molar-refractivity contribution in [2.75, 3.05) is 0 Å². The van der Waals surface area contributed by atoms with Crippen molar-refractivity contribution in [2.45, 2.75) is 0 Å². The van der Waals surface area contributed by atoms with Crippen molar-refractivity contribution < 1.29 is 14.7 Å². The van der Waals surface area contributed by atoms with Crippen LogP contribution in [-0.2, 0) is 0 Å². The lowest BCUT2D eigenvalue weighted by Gasteiger charge is -2.02. The molecule has 0 aliphatic rings. The largest absolute Gasteiger partial charge is 0.476 e. The summed E-state index contributed by atoms with van der Waals surface area (Å²) in [5, 5.41) is 8.91. The molecular formula is C11H7N3O3. The van der Waals surface area contributed by atoms with E-state index >= 15 is 0 Å². The van der Waals surface area contributed by atoms with E-state index in [1.54, 1.807) is 24.5 Å². The van der Waals surface area contributed by atoms with Crippen LogP contribution in [-0.4, -0.2) is 32.3 Å². The summed E-state index contributed by atoms with van der Waals surface area (Å²) in [5.41, 5.74) is 0.289. The second-order valence-electron chi connectivity index (χ2n) is 3.16. The van der Waals surface area contributed by atoms with Gasteiger partial charge < -0.3 is 5.11 Å². The van der Waals surface area contributed by atoms with Crippen molar-refractivity contribution in [2.24, 2.45) is 0 Å². The third-order valence-electron chi connectivity index (χ3n) is 2.09. The summed E-state index contributed by atoms with van der Waals surface area (Å²) in [7, 11) is 0. The Morgan fingerprint density at radius 2 is 2.00 bits per heavy atom. The Bertz CT molecular complexity index is 569. The fourth-order valence-electron chi connectivity index (χ4n) is 1.29. The molecule has 0 amide bonds. The first-order valence-electron chi connectivity index (χ1n) is 4.68. The molecule has 0 aliphatic carbocycles. The molecule has 0 radical (unpaired) electrons. The van der Waals surface area contributed by atoms with Crippen LogP contribution in [0.4, 0.5) is 0 Å². The van der Waals surface area contributed by atoms with Gasteiger partial charge in [0.05, 0.1) is 5.56 Å². The number of pyridine rings is 1. The molecule has 2 aromatic rings. The van der Waals surface area contributed by atoms with Crippen molar-refractivity contribution in [3.8, 4) is 11.4 Å². The summed E-state index contributed by atoms with van der Waals surface area (Å²) in [4.78, 5) is 33.1. The van der Waals surface area contributed by atoms with Crippen LogP contribution < -0.4 is 0 Å². The molecule has 0 bridgehead atoms. The molecule has 1 N–H and O–H groups in total. The van der Waals surface area contributed by atoms with Crippen molar-refractivity contribution >= 4 is 12.3 Å². The van der Waals surface area contributed by atoms with E-state index in [9.17, 15) is 9.59 Å². The molecule has 0 spiro atoms. The van der Waals surface area contributed by atoms with E-state index in [2.05, 4.69) is 15.0 Å². The van der Waals surface area contributed by atoms with Gasteiger partial charge in [-0.2, -0.15) is 0 Å². The number of rotatable bonds is 3. The lowest BCUT2D eigenvalue weighted by molar-refractivity contribution is 0.0687. The van der Waals surface area contributed by atoms with E-state index in [1.807, 2.05) is 0 Å². The molecule has 2 rings (SSSR count). The first kappa shape index (κ1) is 10.9. The van der Waals surface area contributed by atoms with Crippen LogP contribution in [0.25, 0.3) is 11.4 Å². The summed E-state index contributed by atoms with van der Waals surface area (Å²) in [5.74, 6) is -1.01. The van der Waals surface area contributed by atoms with Gasteiger partial charge in [-0.1, -0.05) is 0 Å². The predicted molar refractivity (Wildman–Crippen MR) is 57.6 cm³/mol. The summed E-state index contributed by atoms with van der Waals surface area (Å²) in [6.07, 6.45) is 4.71. The monoisotopic (exact) mass is 229 g/mol. The topological polar surface area (TPSA) is 93.0 Å². The molecule has 17 heavy (non-hydrogen) atoms. The number of aldehydes is 1. The van der Waals surface area contributed by atoms with Gasteiger partial charge in [-0.3, -0.25) is 9.78 Å². The fraction of sp³-hybridized carbons (Fsp3) is 0. The quantitative estimate of drug-likeness (QED) is 0.790. The number of nitrogens with zero attached hydrogens (tertiary/aromatic N) is 3. The van der Waals surface area contributed by atoms with E-state index in [-0.39, 0.29) is 17.1 Å². The van der Waals surface area contributed by atoms with E-state index in [0.717, 1.165) is 0 Å². The van der Waals surface area contributed by atoms with E-state index in [0.29, 0.717) is 11.8 Å². The van der Waals surface area contributed by atoms with Gasteiger partial charge in [0, 0.05) is 24.2 Å². The van der Waals surface area contributed by atoms with Gasteiger partial charge in [0.1, 0.15) is 0 Å². The highest BCUT2D eigenvalue weighted by Gasteiger charge is 2.14. The van der Waals surface area contributed by atoms with Gasteiger partial charge >= 0.3 is 5.97 Å². The fourth-order valence-corrected chi connectivity index (χ4v) is 1.29. The lowest BCUT2D eigenvalue weighted by atomic mass is 10.2. The zero-order valence-corrected chi connectivity index (χ0v) is 8.57. The first-order valence-corrected chi connectivity index (χ1v) is 4.68. The Labute approximate surface area is 96.0 Å². The van der Waals surface area contributed by atoms with Gasteiger partial charge in [-0.25, -0.2) is 14.8 Å². The molecule has 6 heteroatoms. The minimum atomic E-state index is -1.26.